The van der Waals surface area contributed by atoms with Gasteiger partial charge in [0.15, 0.2) is 11.6 Å². The van der Waals surface area contributed by atoms with E-state index in [0.29, 0.717) is 5.92 Å². The molecule has 0 aromatic carbocycles. The molecule has 0 radical (unpaired) electrons. The fourth-order valence-electron chi connectivity index (χ4n) is 2.81. The van der Waals surface area contributed by atoms with Gasteiger partial charge in [-0.3, -0.25) is 0 Å². The number of ether oxygens (including phenoxy) is 1. The van der Waals surface area contributed by atoms with Crippen LogP contribution in [0.3, 0.4) is 0 Å². The predicted octanol–water partition coefficient (Wildman–Crippen LogP) is 2.58. The van der Waals surface area contributed by atoms with Gasteiger partial charge in [-0.15, -0.1) is 0 Å². The van der Waals surface area contributed by atoms with Crippen LogP contribution in [0.2, 0.25) is 0 Å². The first kappa shape index (κ1) is 13.4. The van der Waals surface area contributed by atoms with Gasteiger partial charge in [-0.25, -0.2) is 9.97 Å². The van der Waals surface area contributed by atoms with Gasteiger partial charge >= 0.3 is 0 Å². The van der Waals surface area contributed by atoms with Crippen LogP contribution in [-0.2, 0) is 17.8 Å². The molecule has 0 amide bonds. The van der Waals surface area contributed by atoms with E-state index in [2.05, 4.69) is 32.2 Å². The summed E-state index contributed by atoms with van der Waals surface area (Å²) < 4.78 is 9.85. The van der Waals surface area contributed by atoms with Crippen molar-refractivity contribution in [2.24, 2.45) is 5.92 Å². The fourth-order valence-corrected chi connectivity index (χ4v) is 2.81. The molecule has 5 nitrogen and oxygen atoms in total. The van der Waals surface area contributed by atoms with E-state index in [1.807, 2.05) is 18.6 Å². The summed E-state index contributed by atoms with van der Waals surface area (Å²) in [7, 11) is 0. The summed E-state index contributed by atoms with van der Waals surface area (Å²) in [6, 6.07) is 0. The number of rotatable bonds is 5. The largest absolute Gasteiger partial charge is 0.381 e. The van der Waals surface area contributed by atoms with Crippen molar-refractivity contribution in [3.8, 4) is 11.6 Å². The maximum atomic E-state index is 5.43. The van der Waals surface area contributed by atoms with E-state index in [-0.39, 0.29) is 0 Å². The summed E-state index contributed by atoms with van der Waals surface area (Å²) >= 11 is 0. The highest BCUT2D eigenvalue weighted by atomic mass is 16.5. The summed E-state index contributed by atoms with van der Waals surface area (Å²) in [5.74, 6) is 2.64. The summed E-state index contributed by atoms with van der Waals surface area (Å²) in [6.07, 6.45) is 11.2. The van der Waals surface area contributed by atoms with Crippen molar-refractivity contribution in [3.63, 3.8) is 0 Å². The first-order chi connectivity index (χ1) is 9.88. The molecule has 1 saturated heterocycles. The molecule has 0 aliphatic carbocycles. The number of imidazole rings is 2. The van der Waals surface area contributed by atoms with Crippen molar-refractivity contribution < 1.29 is 4.74 Å². The molecule has 1 fully saturated rings. The zero-order valence-electron chi connectivity index (χ0n) is 12.0. The van der Waals surface area contributed by atoms with Crippen LogP contribution in [-0.4, -0.2) is 32.3 Å². The number of hydrogen-bond donors (Lipinski definition) is 0. The third kappa shape index (κ3) is 2.77. The van der Waals surface area contributed by atoms with Gasteiger partial charge in [0.25, 0.3) is 0 Å². The van der Waals surface area contributed by atoms with Gasteiger partial charge in [0.2, 0.25) is 0 Å². The van der Waals surface area contributed by atoms with Crippen LogP contribution in [0.15, 0.2) is 24.8 Å². The molecule has 108 valence electrons. The van der Waals surface area contributed by atoms with Crippen LogP contribution >= 0.6 is 0 Å². The average Bonchev–Trinajstić information content (AvgIpc) is 3.09. The monoisotopic (exact) mass is 274 g/mol. The first-order valence-corrected chi connectivity index (χ1v) is 7.49. The topological polar surface area (TPSA) is 44.9 Å². The molecule has 0 N–H and O–H groups in total. The summed E-state index contributed by atoms with van der Waals surface area (Å²) in [4.78, 5) is 9.00. The van der Waals surface area contributed by atoms with Gasteiger partial charge in [-0.2, -0.15) is 0 Å². The highest BCUT2D eigenvalue weighted by Crippen LogP contribution is 2.21. The van der Waals surface area contributed by atoms with E-state index in [1.165, 1.54) is 0 Å². The van der Waals surface area contributed by atoms with E-state index < -0.39 is 0 Å². The number of nitrogens with zero attached hydrogens (tertiary/aromatic N) is 4. The minimum atomic E-state index is 0.686. The van der Waals surface area contributed by atoms with Crippen LogP contribution < -0.4 is 0 Å². The van der Waals surface area contributed by atoms with Crippen molar-refractivity contribution in [1.82, 2.24) is 19.1 Å². The van der Waals surface area contributed by atoms with E-state index in [1.54, 1.807) is 0 Å². The summed E-state index contributed by atoms with van der Waals surface area (Å²) in [5, 5.41) is 0. The summed E-state index contributed by atoms with van der Waals surface area (Å²) in [6.45, 7) is 5.95. The SMILES string of the molecule is CCCn1ccnc1-c1nccn1CC1CCOCC1. The maximum absolute atomic E-state index is 5.43. The zero-order valence-corrected chi connectivity index (χ0v) is 12.0. The Morgan fingerprint density at radius 2 is 1.75 bits per heavy atom. The van der Waals surface area contributed by atoms with Gasteiger partial charge in [-0.1, -0.05) is 6.92 Å². The second kappa shape index (κ2) is 6.22. The molecule has 0 atom stereocenters. The molecule has 2 aromatic heterocycles. The molecular formula is C15H22N4O. The normalized spacial score (nSPS) is 16.6. The molecular weight excluding hydrogens is 252 g/mol. The third-order valence-corrected chi connectivity index (χ3v) is 3.89. The number of aryl methyl sites for hydroxylation is 1. The lowest BCUT2D eigenvalue weighted by atomic mass is 10.0. The van der Waals surface area contributed by atoms with Gasteiger partial charge in [-0.05, 0) is 25.2 Å². The van der Waals surface area contributed by atoms with Crippen molar-refractivity contribution in [3.05, 3.63) is 24.8 Å². The molecule has 2 aromatic rings. The molecule has 3 rings (SSSR count). The number of aromatic nitrogens is 4. The predicted molar refractivity (Wildman–Crippen MR) is 77.3 cm³/mol. The Morgan fingerprint density at radius 3 is 2.45 bits per heavy atom. The molecule has 0 unspecified atom stereocenters. The van der Waals surface area contributed by atoms with Gasteiger partial charge in [0.05, 0.1) is 0 Å². The molecule has 20 heavy (non-hydrogen) atoms. The Labute approximate surface area is 119 Å². The van der Waals surface area contributed by atoms with Gasteiger partial charge < -0.3 is 13.9 Å². The lowest BCUT2D eigenvalue weighted by molar-refractivity contribution is 0.0614. The minimum absolute atomic E-state index is 0.686. The molecule has 0 spiro atoms. The molecule has 1 aliphatic heterocycles. The van der Waals surface area contributed by atoms with Crippen LogP contribution in [0.5, 0.6) is 0 Å². The Hall–Kier alpha value is -1.62. The van der Waals surface area contributed by atoms with Gasteiger partial charge in [0, 0.05) is 51.1 Å². The van der Waals surface area contributed by atoms with Crippen LogP contribution in [0, 0.1) is 5.92 Å². The highest BCUT2D eigenvalue weighted by Gasteiger charge is 2.18. The third-order valence-electron chi connectivity index (χ3n) is 3.89. The second-order valence-corrected chi connectivity index (χ2v) is 5.40. The maximum Gasteiger partial charge on any atom is 0.176 e. The van der Waals surface area contributed by atoms with Gasteiger partial charge in [0.1, 0.15) is 0 Å². The molecule has 3 heterocycles. The van der Waals surface area contributed by atoms with Crippen molar-refractivity contribution in [2.75, 3.05) is 13.2 Å². The second-order valence-electron chi connectivity index (χ2n) is 5.40. The Kier molecular flexibility index (Phi) is 4.16. The Morgan fingerprint density at radius 1 is 1.10 bits per heavy atom. The van der Waals surface area contributed by atoms with Crippen LogP contribution in [0.1, 0.15) is 26.2 Å². The molecule has 1 aliphatic rings. The molecule has 0 bridgehead atoms. The van der Waals surface area contributed by atoms with E-state index in [9.17, 15) is 0 Å². The quantitative estimate of drug-likeness (QED) is 0.841. The van der Waals surface area contributed by atoms with Crippen molar-refractivity contribution in [2.45, 2.75) is 39.3 Å². The smallest absolute Gasteiger partial charge is 0.176 e. The Balaban J connectivity index is 1.80. The van der Waals surface area contributed by atoms with E-state index >= 15 is 0 Å². The van der Waals surface area contributed by atoms with E-state index in [4.69, 9.17) is 4.74 Å². The number of hydrogen-bond acceptors (Lipinski definition) is 3. The Bertz CT molecular complexity index is 540. The minimum Gasteiger partial charge on any atom is -0.381 e. The standard InChI is InChI=1S/C15H22N4O/c1-2-7-18-8-5-16-14(18)15-17-6-9-19(15)12-13-3-10-20-11-4-13/h5-6,8-9,13H,2-4,7,10-12H2,1H3. The average molecular weight is 274 g/mol. The highest BCUT2D eigenvalue weighted by molar-refractivity contribution is 5.44. The fraction of sp³-hybridized carbons (Fsp3) is 0.600. The first-order valence-electron chi connectivity index (χ1n) is 7.49. The zero-order chi connectivity index (χ0) is 13.8. The van der Waals surface area contributed by atoms with Crippen molar-refractivity contribution in [1.29, 1.82) is 0 Å². The van der Waals surface area contributed by atoms with Crippen LogP contribution in [0.4, 0.5) is 0 Å². The molecule has 5 heteroatoms. The van der Waals surface area contributed by atoms with Crippen molar-refractivity contribution >= 4 is 0 Å². The lowest BCUT2D eigenvalue weighted by Gasteiger charge is -2.23. The molecule has 0 saturated carbocycles. The summed E-state index contributed by atoms with van der Waals surface area (Å²) in [5.41, 5.74) is 0. The lowest BCUT2D eigenvalue weighted by Crippen LogP contribution is -2.20. The van der Waals surface area contributed by atoms with E-state index in [0.717, 1.165) is 57.2 Å². The van der Waals surface area contributed by atoms with Crippen LogP contribution in [0.25, 0.3) is 11.6 Å².